The topological polar surface area (TPSA) is 133 Å². The van der Waals surface area contributed by atoms with Crippen molar-refractivity contribution in [3.8, 4) is 0 Å². The molecule has 56 heavy (non-hydrogen) atoms. The SMILES string of the molecule is C=C[C@@H](C[C@H](O)[C@H](CC1CCCCC1)NC(=O)[C@H](Cc1cnc[nH]1)NC(=O)C(Cc1ccccc1)OC(=O)C(Cc1ccccc1)Cc1ccccc1)C(C)C. The van der Waals surface area contributed by atoms with Crippen molar-refractivity contribution < 1.29 is 24.2 Å². The lowest BCUT2D eigenvalue weighted by Crippen LogP contribution is -2.56. The van der Waals surface area contributed by atoms with Crippen molar-refractivity contribution in [2.75, 3.05) is 0 Å². The molecule has 298 valence electrons. The van der Waals surface area contributed by atoms with E-state index in [0.29, 0.717) is 37.3 Å². The van der Waals surface area contributed by atoms with Gasteiger partial charge >= 0.3 is 5.97 Å². The fraction of sp³-hybridized carbons (Fsp3) is 0.447. The third-order valence-corrected chi connectivity index (χ3v) is 11.2. The molecule has 2 amide bonds. The number of H-pyrrole nitrogens is 1. The molecule has 1 aliphatic rings. The average Bonchev–Trinajstić information content (AvgIpc) is 3.73. The van der Waals surface area contributed by atoms with Crippen LogP contribution in [0.4, 0.5) is 0 Å². The van der Waals surface area contributed by atoms with E-state index in [2.05, 4.69) is 41.0 Å². The van der Waals surface area contributed by atoms with Gasteiger partial charge in [0.1, 0.15) is 6.04 Å². The first kappa shape index (κ1) is 42.1. The van der Waals surface area contributed by atoms with E-state index in [0.717, 1.165) is 42.4 Å². The molecule has 1 aliphatic carbocycles. The normalized spacial score (nSPS) is 16.0. The summed E-state index contributed by atoms with van der Waals surface area (Å²) in [4.78, 5) is 50.1. The van der Waals surface area contributed by atoms with Gasteiger partial charge in [0.25, 0.3) is 5.91 Å². The molecule has 4 aromatic rings. The van der Waals surface area contributed by atoms with E-state index < -0.39 is 48.0 Å². The molecule has 1 heterocycles. The molecule has 0 radical (unpaired) electrons. The van der Waals surface area contributed by atoms with Crippen LogP contribution in [0.15, 0.2) is 116 Å². The molecule has 3 aromatic carbocycles. The van der Waals surface area contributed by atoms with Gasteiger partial charge in [0, 0.05) is 24.7 Å². The smallest absolute Gasteiger partial charge is 0.310 e. The summed E-state index contributed by atoms with van der Waals surface area (Å²) in [6.45, 7) is 8.21. The second-order valence-electron chi connectivity index (χ2n) is 15.8. The summed E-state index contributed by atoms with van der Waals surface area (Å²) in [5.74, 6) is -1.27. The Hall–Kier alpha value is -5.02. The maximum atomic E-state index is 14.4. The number of esters is 1. The Morgan fingerprint density at radius 3 is 1.91 bits per heavy atom. The Labute approximate surface area is 332 Å². The number of benzene rings is 3. The zero-order valence-corrected chi connectivity index (χ0v) is 33.0. The number of amides is 2. The highest BCUT2D eigenvalue weighted by Crippen LogP contribution is 2.30. The molecule has 5 rings (SSSR count). The molecule has 5 atom stereocenters. The van der Waals surface area contributed by atoms with Crippen molar-refractivity contribution in [3.05, 3.63) is 139 Å². The van der Waals surface area contributed by atoms with E-state index in [4.69, 9.17) is 4.74 Å². The highest BCUT2D eigenvalue weighted by molar-refractivity contribution is 5.91. The summed E-state index contributed by atoms with van der Waals surface area (Å²) in [5, 5.41) is 17.8. The van der Waals surface area contributed by atoms with Gasteiger partial charge in [-0.05, 0) is 60.1 Å². The number of aromatic amines is 1. The first-order valence-electron chi connectivity index (χ1n) is 20.4. The largest absolute Gasteiger partial charge is 0.452 e. The number of hydrogen-bond donors (Lipinski definition) is 4. The molecule has 9 heteroatoms. The third kappa shape index (κ3) is 13.3. The minimum Gasteiger partial charge on any atom is -0.452 e. The summed E-state index contributed by atoms with van der Waals surface area (Å²) in [7, 11) is 0. The number of aliphatic hydroxyl groups is 1. The van der Waals surface area contributed by atoms with E-state index in [1.807, 2.05) is 97.1 Å². The van der Waals surface area contributed by atoms with Crippen LogP contribution in [0.1, 0.15) is 81.2 Å². The van der Waals surface area contributed by atoms with Gasteiger partial charge in [-0.3, -0.25) is 14.4 Å². The predicted molar refractivity (Wildman–Crippen MR) is 220 cm³/mol. The number of aliphatic hydroxyl groups excluding tert-OH is 1. The van der Waals surface area contributed by atoms with Crippen LogP contribution in [0, 0.1) is 23.7 Å². The number of nitrogens with one attached hydrogen (secondary N) is 3. The molecule has 1 aromatic heterocycles. The van der Waals surface area contributed by atoms with Gasteiger partial charge in [0.2, 0.25) is 5.91 Å². The number of nitrogens with zero attached hydrogens (tertiary/aromatic N) is 1. The van der Waals surface area contributed by atoms with Crippen molar-refractivity contribution in [3.63, 3.8) is 0 Å². The van der Waals surface area contributed by atoms with Crippen LogP contribution in [-0.2, 0) is 44.8 Å². The summed E-state index contributed by atoms with van der Waals surface area (Å²) in [6.07, 6.45) is 10.9. The van der Waals surface area contributed by atoms with E-state index in [9.17, 15) is 19.5 Å². The number of ether oxygens (including phenoxy) is 1. The first-order chi connectivity index (χ1) is 27.2. The molecule has 0 spiro atoms. The Balaban J connectivity index is 1.39. The molecule has 4 N–H and O–H groups in total. The standard InChI is InChI=1S/C47H60N4O5/c1-4-38(33(2)3)29-43(52)41(27-36-21-13-7-14-22-36)50-45(53)42(30-40-31-48-32-49-40)51-46(54)44(28-37-23-15-8-16-24-37)56-47(55)39(25-34-17-9-5-10-18-34)26-35-19-11-6-12-20-35/h4-6,8-12,15-20,23-24,31-33,36,38-39,41-44,52H,1,7,13-14,21-22,25-30H2,2-3H3,(H,48,49)(H,50,53)(H,51,54)/t38-,41-,42-,43-,44?/m0/s1. The van der Waals surface area contributed by atoms with Gasteiger partial charge < -0.3 is 25.5 Å². The molecule has 9 nitrogen and oxygen atoms in total. The lowest BCUT2D eigenvalue weighted by molar-refractivity contribution is -0.160. The lowest BCUT2D eigenvalue weighted by Gasteiger charge is -2.33. The van der Waals surface area contributed by atoms with E-state index >= 15 is 0 Å². The van der Waals surface area contributed by atoms with Crippen LogP contribution in [0.2, 0.25) is 0 Å². The van der Waals surface area contributed by atoms with Crippen LogP contribution in [-0.4, -0.2) is 57.1 Å². The predicted octanol–water partition coefficient (Wildman–Crippen LogP) is 7.36. The van der Waals surface area contributed by atoms with Gasteiger partial charge in [-0.15, -0.1) is 6.58 Å². The summed E-state index contributed by atoms with van der Waals surface area (Å²) < 4.78 is 6.18. The highest BCUT2D eigenvalue weighted by atomic mass is 16.5. The number of rotatable bonds is 21. The molecule has 1 unspecified atom stereocenters. The van der Waals surface area contributed by atoms with Crippen molar-refractivity contribution in [1.82, 2.24) is 20.6 Å². The number of aromatic nitrogens is 2. The number of allylic oxidation sites excluding steroid dienone is 1. The van der Waals surface area contributed by atoms with Gasteiger partial charge in [0.05, 0.1) is 24.4 Å². The lowest BCUT2D eigenvalue weighted by atomic mass is 9.81. The third-order valence-electron chi connectivity index (χ3n) is 11.2. The van der Waals surface area contributed by atoms with E-state index in [1.54, 1.807) is 6.20 Å². The summed E-state index contributed by atoms with van der Waals surface area (Å²) in [5.41, 5.74) is 3.45. The van der Waals surface area contributed by atoms with Crippen molar-refractivity contribution in [2.45, 2.75) is 109 Å². The second kappa shape index (κ2) is 21.9. The van der Waals surface area contributed by atoms with Crippen LogP contribution in [0.3, 0.4) is 0 Å². The summed E-state index contributed by atoms with van der Waals surface area (Å²) >= 11 is 0. The van der Waals surface area contributed by atoms with Crippen molar-refractivity contribution >= 4 is 17.8 Å². The van der Waals surface area contributed by atoms with Gasteiger partial charge in [-0.2, -0.15) is 0 Å². The second-order valence-corrected chi connectivity index (χ2v) is 15.8. The van der Waals surface area contributed by atoms with Gasteiger partial charge in [-0.25, -0.2) is 4.98 Å². The Morgan fingerprint density at radius 2 is 1.39 bits per heavy atom. The Kier molecular flexibility index (Phi) is 16.5. The van der Waals surface area contributed by atoms with Crippen molar-refractivity contribution in [2.24, 2.45) is 23.7 Å². The quantitative estimate of drug-likeness (QED) is 0.0519. The number of imidazole rings is 1. The number of carbonyl (C=O) groups excluding carboxylic acids is 3. The zero-order chi connectivity index (χ0) is 39.7. The Bertz CT molecular complexity index is 1720. The average molecular weight is 761 g/mol. The van der Waals surface area contributed by atoms with Gasteiger partial charge in [0.15, 0.2) is 6.10 Å². The van der Waals surface area contributed by atoms with Crippen LogP contribution in [0.5, 0.6) is 0 Å². The number of carbonyl (C=O) groups is 3. The molecule has 1 fully saturated rings. The minimum absolute atomic E-state index is 0.0808. The molecule has 0 saturated heterocycles. The van der Waals surface area contributed by atoms with Crippen LogP contribution in [0.25, 0.3) is 0 Å². The van der Waals surface area contributed by atoms with Crippen molar-refractivity contribution in [1.29, 1.82) is 0 Å². The van der Waals surface area contributed by atoms with E-state index in [1.165, 1.54) is 12.7 Å². The monoisotopic (exact) mass is 760 g/mol. The fourth-order valence-corrected chi connectivity index (χ4v) is 7.84. The minimum atomic E-state index is -1.21. The van der Waals surface area contributed by atoms with E-state index in [-0.39, 0.29) is 24.7 Å². The molecule has 0 bridgehead atoms. The maximum absolute atomic E-state index is 14.4. The van der Waals surface area contributed by atoms with Gasteiger partial charge in [-0.1, -0.05) is 143 Å². The molecular formula is C47H60N4O5. The Morgan fingerprint density at radius 1 is 0.821 bits per heavy atom. The zero-order valence-electron chi connectivity index (χ0n) is 33.0. The molecular weight excluding hydrogens is 701 g/mol. The first-order valence-corrected chi connectivity index (χ1v) is 20.4. The maximum Gasteiger partial charge on any atom is 0.310 e. The fourth-order valence-electron chi connectivity index (χ4n) is 7.84. The molecule has 1 saturated carbocycles. The van der Waals surface area contributed by atoms with Crippen LogP contribution >= 0.6 is 0 Å². The number of hydrogen-bond acceptors (Lipinski definition) is 6. The molecule has 0 aliphatic heterocycles. The van der Waals surface area contributed by atoms with Crippen LogP contribution < -0.4 is 10.6 Å². The summed E-state index contributed by atoms with van der Waals surface area (Å²) in [6, 6.07) is 27.4. The highest BCUT2D eigenvalue weighted by Gasteiger charge is 2.34.